The fourth-order valence-corrected chi connectivity index (χ4v) is 2.44. The van der Waals surface area contributed by atoms with E-state index in [2.05, 4.69) is 23.1 Å². The Kier molecular flexibility index (Phi) is 1.95. The van der Waals surface area contributed by atoms with Crippen molar-refractivity contribution in [3.05, 3.63) is 30.3 Å². The average Bonchev–Trinajstić information content (AvgIpc) is 2.32. The first-order valence-corrected chi connectivity index (χ1v) is 5.28. The van der Waals surface area contributed by atoms with Crippen LogP contribution < -0.4 is 4.90 Å². The molecule has 2 heteroatoms. The number of anilines is 1. The number of morpholine rings is 1. The highest BCUT2D eigenvalue weighted by Crippen LogP contribution is 2.30. The molecule has 3 aliphatic rings. The smallest absolute Gasteiger partial charge is 0.0751 e. The van der Waals surface area contributed by atoms with Gasteiger partial charge in [0, 0.05) is 12.2 Å². The van der Waals surface area contributed by atoms with E-state index < -0.39 is 0 Å². The van der Waals surface area contributed by atoms with E-state index in [0.717, 1.165) is 13.2 Å². The Morgan fingerprint density at radius 2 is 2.14 bits per heavy atom. The minimum atomic E-state index is 0.462. The molecule has 0 aromatic heterocycles. The van der Waals surface area contributed by atoms with Crippen LogP contribution in [-0.2, 0) is 4.74 Å². The SMILES string of the molecule is [c]1ccc(N2CC3CCC2CO3)cc1. The van der Waals surface area contributed by atoms with Crippen molar-refractivity contribution < 1.29 is 4.74 Å². The number of piperidine rings is 1. The summed E-state index contributed by atoms with van der Waals surface area (Å²) in [5.41, 5.74) is 1.32. The van der Waals surface area contributed by atoms with Crippen LogP contribution in [0.25, 0.3) is 0 Å². The van der Waals surface area contributed by atoms with Gasteiger partial charge in [-0.1, -0.05) is 12.1 Å². The lowest BCUT2D eigenvalue weighted by Crippen LogP contribution is -2.54. The first kappa shape index (κ1) is 8.30. The predicted molar refractivity (Wildman–Crippen MR) is 55.4 cm³/mol. The van der Waals surface area contributed by atoms with E-state index in [1.807, 2.05) is 12.1 Å². The van der Waals surface area contributed by atoms with Crippen LogP contribution in [0.3, 0.4) is 0 Å². The molecule has 4 rings (SSSR count). The van der Waals surface area contributed by atoms with Gasteiger partial charge in [-0.25, -0.2) is 0 Å². The maximum Gasteiger partial charge on any atom is 0.0751 e. The molecule has 2 bridgehead atoms. The van der Waals surface area contributed by atoms with Gasteiger partial charge in [0.25, 0.3) is 0 Å². The van der Waals surface area contributed by atoms with E-state index in [9.17, 15) is 0 Å². The van der Waals surface area contributed by atoms with Gasteiger partial charge in [-0.15, -0.1) is 0 Å². The van der Waals surface area contributed by atoms with Crippen molar-refractivity contribution in [1.82, 2.24) is 0 Å². The van der Waals surface area contributed by atoms with Crippen molar-refractivity contribution in [2.45, 2.75) is 25.0 Å². The standard InChI is InChI=1S/C12H14NO/c1-2-4-10(5-3-1)13-8-12-7-6-11(13)9-14-12/h2-5,11-12H,6-9H2. The van der Waals surface area contributed by atoms with Crippen LogP contribution in [0.4, 0.5) is 5.69 Å². The molecule has 3 saturated heterocycles. The van der Waals surface area contributed by atoms with Crippen molar-refractivity contribution in [3.63, 3.8) is 0 Å². The second-order valence-electron chi connectivity index (χ2n) is 4.10. The molecule has 1 radical (unpaired) electrons. The fraction of sp³-hybridized carbons (Fsp3) is 0.500. The first-order valence-electron chi connectivity index (χ1n) is 5.28. The number of nitrogens with zero attached hydrogens (tertiary/aromatic N) is 1. The van der Waals surface area contributed by atoms with Gasteiger partial charge >= 0.3 is 0 Å². The molecule has 73 valence electrons. The van der Waals surface area contributed by atoms with Gasteiger partial charge in [-0.3, -0.25) is 0 Å². The highest BCUT2D eigenvalue weighted by molar-refractivity contribution is 5.48. The number of fused-ring (bicyclic) bond motifs is 3. The topological polar surface area (TPSA) is 12.5 Å². The Balaban J connectivity index is 1.86. The Hall–Kier alpha value is -1.02. The molecule has 14 heavy (non-hydrogen) atoms. The largest absolute Gasteiger partial charge is 0.374 e. The molecule has 3 heterocycles. The molecule has 0 aliphatic carbocycles. The molecular weight excluding hydrogens is 174 g/mol. The van der Waals surface area contributed by atoms with E-state index in [1.54, 1.807) is 0 Å². The lowest BCUT2D eigenvalue weighted by molar-refractivity contribution is -0.0225. The summed E-state index contributed by atoms with van der Waals surface area (Å²) >= 11 is 0. The zero-order valence-corrected chi connectivity index (χ0v) is 8.15. The fourth-order valence-electron chi connectivity index (χ4n) is 2.44. The van der Waals surface area contributed by atoms with E-state index in [1.165, 1.54) is 18.5 Å². The van der Waals surface area contributed by atoms with E-state index in [0.29, 0.717) is 12.1 Å². The molecule has 2 atom stereocenters. The van der Waals surface area contributed by atoms with Crippen LogP contribution in [-0.4, -0.2) is 25.3 Å². The number of ether oxygens (including phenoxy) is 1. The van der Waals surface area contributed by atoms with E-state index >= 15 is 0 Å². The average molecular weight is 188 g/mol. The molecule has 1 aromatic carbocycles. The number of hydrogen-bond acceptors (Lipinski definition) is 2. The Morgan fingerprint density at radius 1 is 1.29 bits per heavy atom. The van der Waals surface area contributed by atoms with Gasteiger partial charge in [0.2, 0.25) is 0 Å². The zero-order chi connectivity index (χ0) is 9.38. The second-order valence-corrected chi connectivity index (χ2v) is 4.10. The maximum atomic E-state index is 5.68. The van der Waals surface area contributed by atoms with Gasteiger partial charge in [0.15, 0.2) is 0 Å². The van der Waals surface area contributed by atoms with Crippen LogP contribution in [0.2, 0.25) is 0 Å². The highest BCUT2D eigenvalue weighted by atomic mass is 16.5. The number of rotatable bonds is 1. The summed E-state index contributed by atoms with van der Waals surface area (Å²) < 4.78 is 5.68. The zero-order valence-electron chi connectivity index (χ0n) is 8.15. The summed E-state index contributed by atoms with van der Waals surface area (Å²) in [4.78, 5) is 2.48. The monoisotopic (exact) mass is 188 g/mol. The number of benzene rings is 1. The van der Waals surface area contributed by atoms with E-state index in [4.69, 9.17) is 4.74 Å². The predicted octanol–water partition coefficient (Wildman–Crippen LogP) is 1.85. The highest BCUT2D eigenvalue weighted by Gasteiger charge is 2.34. The third kappa shape index (κ3) is 1.30. The van der Waals surface area contributed by atoms with Crippen LogP contribution in [0.5, 0.6) is 0 Å². The van der Waals surface area contributed by atoms with Crippen molar-refractivity contribution in [2.24, 2.45) is 0 Å². The molecule has 3 aliphatic heterocycles. The summed E-state index contributed by atoms with van der Waals surface area (Å²) in [6.45, 7) is 1.97. The van der Waals surface area contributed by atoms with Crippen LogP contribution in [0.15, 0.2) is 24.3 Å². The Bertz CT molecular complexity index is 303. The third-order valence-electron chi connectivity index (χ3n) is 3.22. The van der Waals surface area contributed by atoms with Crippen molar-refractivity contribution in [2.75, 3.05) is 18.1 Å². The number of hydrogen-bond donors (Lipinski definition) is 0. The van der Waals surface area contributed by atoms with Crippen molar-refractivity contribution in [1.29, 1.82) is 0 Å². The molecular formula is C12H14NO. The lowest BCUT2D eigenvalue weighted by atomic mass is 9.96. The molecule has 1 aromatic rings. The van der Waals surface area contributed by atoms with Crippen LogP contribution in [0.1, 0.15) is 12.8 Å². The molecule has 0 spiro atoms. The summed E-state index contributed by atoms with van der Waals surface area (Å²) in [5.74, 6) is 0. The van der Waals surface area contributed by atoms with E-state index in [-0.39, 0.29) is 0 Å². The minimum Gasteiger partial charge on any atom is -0.374 e. The molecule has 3 fully saturated rings. The first-order chi connectivity index (χ1) is 6.93. The van der Waals surface area contributed by atoms with Gasteiger partial charge < -0.3 is 9.64 Å². The van der Waals surface area contributed by atoms with Gasteiger partial charge in [0.1, 0.15) is 0 Å². The third-order valence-corrected chi connectivity index (χ3v) is 3.22. The summed E-state index contributed by atoms with van der Waals surface area (Å²) in [7, 11) is 0. The van der Waals surface area contributed by atoms with Crippen LogP contribution in [0, 0.1) is 6.07 Å². The molecule has 2 unspecified atom stereocenters. The van der Waals surface area contributed by atoms with Gasteiger partial charge in [0.05, 0.1) is 18.8 Å². The lowest BCUT2D eigenvalue weighted by Gasteiger charge is -2.46. The molecule has 0 N–H and O–H groups in total. The van der Waals surface area contributed by atoms with Crippen molar-refractivity contribution in [3.8, 4) is 0 Å². The van der Waals surface area contributed by atoms with Crippen LogP contribution >= 0.6 is 0 Å². The quantitative estimate of drug-likeness (QED) is 0.667. The summed E-state index contributed by atoms with van der Waals surface area (Å²) in [6.07, 6.45) is 2.98. The summed E-state index contributed by atoms with van der Waals surface area (Å²) in [5, 5.41) is 0. The molecule has 0 saturated carbocycles. The normalized spacial score (nSPS) is 30.7. The Labute approximate surface area is 84.5 Å². The molecule has 0 amide bonds. The molecule has 2 nitrogen and oxygen atoms in total. The maximum absolute atomic E-state index is 5.68. The Morgan fingerprint density at radius 3 is 2.71 bits per heavy atom. The summed E-state index contributed by atoms with van der Waals surface area (Å²) in [6, 6.07) is 11.9. The van der Waals surface area contributed by atoms with Gasteiger partial charge in [-0.05, 0) is 31.0 Å². The van der Waals surface area contributed by atoms with Crippen molar-refractivity contribution >= 4 is 5.69 Å². The van der Waals surface area contributed by atoms with Gasteiger partial charge in [-0.2, -0.15) is 0 Å². The minimum absolute atomic E-state index is 0.462. The second kappa shape index (κ2) is 3.28.